The zero-order valence-corrected chi connectivity index (χ0v) is 17.3. The summed E-state index contributed by atoms with van der Waals surface area (Å²) in [6.45, 7) is 1.83. The van der Waals surface area contributed by atoms with Crippen molar-refractivity contribution >= 4 is 23.3 Å². The average Bonchev–Trinajstić information content (AvgIpc) is 2.81. The molecule has 1 N–H and O–H groups in total. The Morgan fingerprint density at radius 3 is 2.26 bits per heavy atom. The topological polar surface area (TPSA) is 98.6 Å². The number of amides is 1. The summed E-state index contributed by atoms with van der Waals surface area (Å²) in [5.74, 6) is -0.0564. The monoisotopic (exact) mass is 419 g/mol. The third-order valence-electron chi connectivity index (χ3n) is 4.38. The molecule has 0 unspecified atom stereocenters. The van der Waals surface area contributed by atoms with Crippen LogP contribution in [0.5, 0.6) is 11.5 Å². The lowest BCUT2D eigenvalue weighted by Crippen LogP contribution is -2.11. The van der Waals surface area contributed by atoms with E-state index in [1.54, 1.807) is 48.5 Å². The molecule has 8 heteroatoms. The van der Waals surface area contributed by atoms with Crippen molar-refractivity contribution in [1.82, 2.24) is 0 Å². The zero-order chi connectivity index (χ0) is 22.2. The van der Waals surface area contributed by atoms with E-state index in [0.717, 1.165) is 5.56 Å². The average molecular weight is 419 g/mol. The summed E-state index contributed by atoms with van der Waals surface area (Å²) < 4.78 is 10.3. The Hall–Kier alpha value is -4.20. The van der Waals surface area contributed by atoms with Crippen LogP contribution in [0, 0.1) is 6.92 Å². The Morgan fingerprint density at radius 1 is 0.871 bits per heavy atom. The Bertz CT molecular complexity index is 1110. The van der Waals surface area contributed by atoms with E-state index in [1.807, 2.05) is 19.1 Å². The van der Waals surface area contributed by atoms with Crippen LogP contribution in [0.4, 0.5) is 11.4 Å². The van der Waals surface area contributed by atoms with E-state index in [9.17, 15) is 9.59 Å². The van der Waals surface area contributed by atoms with E-state index in [1.165, 1.54) is 20.3 Å². The number of benzene rings is 3. The van der Waals surface area contributed by atoms with Gasteiger partial charge < -0.3 is 14.3 Å². The van der Waals surface area contributed by atoms with Crippen molar-refractivity contribution in [2.45, 2.75) is 6.92 Å². The summed E-state index contributed by atoms with van der Waals surface area (Å²) in [5.41, 5.74) is 5.23. The van der Waals surface area contributed by atoms with Crippen LogP contribution in [-0.2, 0) is 4.84 Å². The molecule has 0 aliphatic rings. The van der Waals surface area contributed by atoms with Crippen LogP contribution in [-0.4, -0.2) is 26.1 Å². The molecule has 0 fully saturated rings. The van der Waals surface area contributed by atoms with Gasteiger partial charge in [-0.15, -0.1) is 10.2 Å². The van der Waals surface area contributed by atoms with Gasteiger partial charge in [0.15, 0.2) is 11.5 Å². The molecule has 0 aliphatic heterocycles. The summed E-state index contributed by atoms with van der Waals surface area (Å²) in [7, 11) is 3.00. The molecular weight excluding hydrogens is 398 g/mol. The highest BCUT2D eigenvalue weighted by Gasteiger charge is 2.11. The number of aryl methyl sites for hydroxylation is 1. The van der Waals surface area contributed by atoms with Crippen molar-refractivity contribution in [3.63, 3.8) is 0 Å². The van der Waals surface area contributed by atoms with Gasteiger partial charge in [0, 0.05) is 5.56 Å². The van der Waals surface area contributed by atoms with Gasteiger partial charge in [-0.1, -0.05) is 18.2 Å². The number of anilines is 1. The Kier molecular flexibility index (Phi) is 6.95. The van der Waals surface area contributed by atoms with Crippen molar-refractivity contribution < 1.29 is 23.9 Å². The number of hydrogen-bond donors (Lipinski definition) is 1. The SMILES string of the molecule is COc1ccc(C(=O)N=Nc2ccc(NOC(=O)c3ccccc3C)cc2)cc1OC. The highest BCUT2D eigenvalue weighted by Crippen LogP contribution is 2.28. The highest BCUT2D eigenvalue weighted by molar-refractivity contribution is 5.95. The van der Waals surface area contributed by atoms with Crippen molar-refractivity contribution in [1.29, 1.82) is 0 Å². The molecule has 3 aromatic carbocycles. The Morgan fingerprint density at radius 2 is 1.58 bits per heavy atom. The smallest absolute Gasteiger partial charge is 0.363 e. The number of carbonyl (C=O) groups is 2. The summed E-state index contributed by atoms with van der Waals surface area (Å²) >= 11 is 0. The minimum absolute atomic E-state index is 0.322. The molecule has 1 amide bonds. The fraction of sp³-hybridized carbons (Fsp3) is 0.130. The predicted molar refractivity (Wildman–Crippen MR) is 115 cm³/mol. The maximum Gasteiger partial charge on any atom is 0.363 e. The largest absolute Gasteiger partial charge is 0.493 e. The molecule has 0 aliphatic carbocycles. The van der Waals surface area contributed by atoms with Crippen LogP contribution in [0.1, 0.15) is 26.3 Å². The first kappa shape index (κ1) is 21.5. The van der Waals surface area contributed by atoms with Gasteiger partial charge in [-0.2, -0.15) is 0 Å². The van der Waals surface area contributed by atoms with E-state index in [2.05, 4.69) is 15.7 Å². The lowest BCUT2D eigenvalue weighted by molar-refractivity contribution is 0.0595. The second kappa shape index (κ2) is 10.0. The second-order valence-corrected chi connectivity index (χ2v) is 6.43. The number of carbonyl (C=O) groups excluding carboxylic acids is 2. The third-order valence-corrected chi connectivity index (χ3v) is 4.38. The number of azo groups is 1. The van der Waals surface area contributed by atoms with Crippen molar-refractivity contribution in [2.75, 3.05) is 19.7 Å². The molecule has 3 rings (SSSR count). The van der Waals surface area contributed by atoms with Gasteiger partial charge in [0.2, 0.25) is 0 Å². The van der Waals surface area contributed by atoms with Gasteiger partial charge in [0.05, 0.1) is 31.2 Å². The number of nitrogens with zero attached hydrogens (tertiary/aromatic N) is 2. The first-order chi connectivity index (χ1) is 15.0. The number of hydrogen-bond acceptors (Lipinski definition) is 7. The maximum atomic E-state index is 12.3. The maximum absolute atomic E-state index is 12.3. The number of methoxy groups -OCH3 is 2. The van der Waals surface area contributed by atoms with Crippen LogP contribution in [0.2, 0.25) is 0 Å². The fourth-order valence-corrected chi connectivity index (χ4v) is 2.69. The van der Waals surface area contributed by atoms with Gasteiger partial charge in [0.1, 0.15) is 0 Å². The zero-order valence-electron chi connectivity index (χ0n) is 17.3. The molecule has 0 saturated carbocycles. The Labute approximate surface area is 179 Å². The van der Waals surface area contributed by atoms with E-state index in [4.69, 9.17) is 14.3 Å². The molecule has 0 atom stereocenters. The van der Waals surface area contributed by atoms with Crippen molar-refractivity contribution in [3.8, 4) is 11.5 Å². The van der Waals surface area contributed by atoms with Crippen LogP contribution in [0.3, 0.4) is 0 Å². The van der Waals surface area contributed by atoms with Gasteiger partial charge in [0.25, 0.3) is 5.91 Å². The van der Waals surface area contributed by atoms with Crippen molar-refractivity contribution in [2.24, 2.45) is 10.2 Å². The van der Waals surface area contributed by atoms with Crippen LogP contribution >= 0.6 is 0 Å². The number of rotatable bonds is 7. The van der Waals surface area contributed by atoms with Gasteiger partial charge >= 0.3 is 5.97 Å². The minimum atomic E-state index is -0.518. The molecular formula is C23H21N3O5. The highest BCUT2D eigenvalue weighted by atomic mass is 16.7. The van der Waals surface area contributed by atoms with E-state index < -0.39 is 11.9 Å². The van der Waals surface area contributed by atoms with E-state index in [-0.39, 0.29) is 0 Å². The predicted octanol–water partition coefficient (Wildman–Crippen LogP) is 5.12. The summed E-state index contributed by atoms with van der Waals surface area (Å²) in [4.78, 5) is 29.5. The molecule has 31 heavy (non-hydrogen) atoms. The van der Waals surface area contributed by atoms with Gasteiger partial charge in [-0.25, -0.2) is 10.3 Å². The summed E-state index contributed by atoms with van der Waals surface area (Å²) in [6.07, 6.45) is 0. The Balaban J connectivity index is 1.60. The second-order valence-electron chi connectivity index (χ2n) is 6.43. The lowest BCUT2D eigenvalue weighted by atomic mass is 10.1. The number of ether oxygens (including phenoxy) is 2. The molecule has 0 spiro atoms. The summed E-state index contributed by atoms with van der Waals surface area (Å²) in [5, 5.41) is 7.68. The quantitative estimate of drug-likeness (QED) is 0.422. The molecule has 0 heterocycles. The summed E-state index contributed by atoms with van der Waals surface area (Å²) in [6, 6.07) is 18.5. The first-order valence-electron chi connectivity index (χ1n) is 9.33. The molecule has 0 bridgehead atoms. The van der Waals surface area contributed by atoms with Crippen LogP contribution < -0.4 is 15.0 Å². The van der Waals surface area contributed by atoms with Crippen LogP contribution in [0.15, 0.2) is 77.0 Å². The molecule has 0 saturated heterocycles. The van der Waals surface area contributed by atoms with Gasteiger partial charge in [-0.05, 0) is 61.0 Å². The van der Waals surface area contributed by atoms with Crippen LogP contribution in [0.25, 0.3) is 0 Å². The molecule has 3 aromatic rings. The number of nitrogens with one attached hydrogen (secondary N) is 1. The standard InChI is InChI=1S/C23H21N3O5/c1-15-6-4-5-7-19(15)23(28)31-26-18-11-9-17(10-12-18)24-25-22(27)16-8-13-20(29-2)21(14-16)30-3/h4-14,26H,1-3H3. The lowest BCUT2D eigenvalue weighted by Gasteiger charge is -2.08. The van der Waals surface area contributed by atoms with Crippen molar-refractivity contribution in [3.05, 3.63) is 83.4 Å². The first-order valence-corrected chi connectivity index (χ1v) is 9.33. The molecule has 158 valence electrons. The molecule has 8 nitrogen and oxygen atoms in total. The van der Waals surface area contributed by atoms with Gasteiger partial charge in [-0.3, -0.25) is 4.79 Å². The normalized spacial score (nSPS) is 10.5. The minimum Gasteiger partial charge on any atom is -0.493 e. The third kappa shape index (κ3) is 5.45. The molecule has 0 radical (unpaired) electrons. The van der Waals surface area contributed by atoms with E-state index >= 15 is 0 Å². The molecule has 0 aromatic heterocycles. The van der Waals surface area contributed by atoms with E-state index in [0.29, 0.717) is 34.0 Å². The fourth-order valence-electron chi connectivity index (χ4n) is 2.69.